The minimum Gasteiger partial charge on any atom is -0.354 e. The minimum atomic E-state index is -0.200. The molecule has 1 amide bonds. The van der Waals surface area contributed by atoms with Crippen LogP contribution in [0.5, 0.6) is 0 Å². The first-order valence-corrected chi connectivity index (χ1v) is 7.33. The molecular formula is C18H21N3O. The normalized spacial score (nSPS) is 10.3. The van der Waals surface area contributed by atoms with Gasteiger partial charge in [0, 0.05) is 12.2 Å². The van der Waals surface area contributed by atoms with Crippen LogP contribution in [0.2, 0.25) is 0 Å². The van der Waals surface area contributed by atoms with Crippen LogP contribution in [0.1, 0.15) is 35.8 Å². The van der Waals surface area contributed by atoms with E-state index in [4.69, 9.17) is 0 Å². The van der Waals surface area contributed by atoms with Gasteiger partial charge in [-0.1, -0.05) is 38.1 Å². The SMILES string of the molecule is C=CCNC(=O)c1ccc(Nc2ccccc2C(C)C)cn1. The number of nitrogens with zero attached hydrogens (tertiary/aromatic N) is 1. The minimum absolute atomic E-state index is 0.200. The van der Waals surface area contributed by atoms with Gasteiger partial charge in [0.2, 0.25) is 0 Å². The van der Waals surface area contributed by atoms with Crippen molar-refractivity contribution in [3.05, 3.63) is 66.5 Å². The van der Waals surface area contributed by atoms with Gasteiger partial charge in [-0.2, -0.15) is 0 Å². The predicted molar refractivity (Wildman–Crippen MR) is 90.6 cm³/mol. The zero-order valence-corrected chi connectivity index (χ0v) is 13.0. The van der Waals surface area contributed by atoms with Crippen LogP contribution >= 0.6 is 0 Å². The van der Waals surface area contributed by atoms with Crippen molar-refractivity contribution in [1.82, 2.24) is 10.3 Å². The second kappa shape index (κ2) is 7.41. The molecule has 0 aliphatic rings. The summed E-state index contributed by atoms with van der Waals surface area (Å²) in [5, 5.41) is 6.05. The quantitative estimate of drug-likeness (QED) is 0.796. The van der Waals surface area contributed by atoms with Gasteiger partial charge in [-0.3, -0.25) is 4.79 Å². The number of amides is 1. The van der Waals surface area contributed by atoms with Gasteiger partial charge in [0.1, 0.15) is 5.69 Å². The van der Waals surface area contributed by atoms with Crippen molar-refractivity contribution in [2.75, 3.05) is 11.9 Å². The molecule has 0 fully saturated rings. The fourth-order valence-corrected chi connectivity index (χ4v) is 2.13. The summed E-state index contributed by atoms with van der Waals surface area (Å²) in [6.07, 6.45) is 3.30. The molecule has 0 saturated carbocycles. The fourth-order valence-electron chi connectivity index (χ4n) is 2.13. The third-order valence-corrected chi connectivity index (χ3v) is 3.26. The van der Waals surface area contributed by atoms with Gasteiger partial charge in [0.25, 0.3) is 5.91 Å². The van der Waals surface area contributed by atoms with E-state index in [9.17, 15) is 4.79 Å². The summed E-state index contributed by atoms with van der Waals surface area (Å²) in [6.45, 7) is 8.31. The Morgan fingerprint density at radius 2 is 2.05 bits per heavy atom. The van der Waals surface area contributed by atoms with Crippen molar-refractivity contribution in [2.45, 2.75) is 19.8 Å². The summed E-state index contributed by atoms with van der Waals surface area (Å²) >= 11 is 0. The molecule has 1 aromatic heterocycles. The topological polar surface area (TPSA) is 54.0 Å². The maximum Gasteiger partial charge on any atom is 0.270 e. The van der Waals surface area contributed by atoms with Crippen molar-refractivity contribution in [2.24, 2.45) is 0 Å². The molecule has 4 heteroatoms. The zero-order chi connectivity index (χ0) is 15.9. The summed E-state index contributed by atoms with van der Waals surface area (Å²) in [7, 11) is 0. The first-order valence-electron chi connectivity index (χ1n) is 7.33. The number of aromatic nitrogens is 1. The first kappa shape index (κ1) is 15.8. The lowest BCUT2D eigenvalue weighted by Gasteiger charge is -2.14. The number of carbonyl (C=O) groups is 1. The summed E-state index contributed by atoms with van der Waals surface area (Å²) in [4.78, 5) is 16.0. The number of para-hydroxylation sites is 1. The Bertz CT molecular complexity index is 648. The van der Waals surface area contributed by atoms with Gasteiger partial charge in [-0.15, -0.1) is 6.58 Å². The van der Waals surface area contributed by atoms with Crippen molar-refractivity contribution < 1.29 is 4.79 Å². The Hall–Kier alpha value is -2.62. The maximum absolute atomic E-state index is 11.8. The summed E-state index contributed by atoms with van der Waals surface area (Å²) < 4.78 is 0. The summed E-state index contributed by atoms with van der Waals surface area (Å²) in [6, 6.07) is 11.7. The highest BCUT2D eigenvalue weighted by molar-refractivity contribution is 5.92. The van der Waals surface area contributed by atoms with Gasteiger partial charge in [0.05, 0.1) is 11.9 Å². The number of carbonyl (C=O) groups excluding carboxylic acids is 1. The summed E-state index contributed by atoms with van der Waals surface area (Å²) in [5.74, 6) is 0.231. The van der Waals surface area contributed by atoms with E-state index in [2.05, 4.69) is 42.1 Å². The smallest absolute Gasteiger partial charge is 0.270 e. The summed E-state index contributed by atoms with van der Waals surface area (Å²) in [5.41, 5.74) is 3.55. The number of anilines is 2. The molecular weight excluding hydrogens is 274 g/mol. The zero-order valence-electron chi connectivity index (χ0n) is 13.0. The van der Waals surface area contributed by atoms with Crippen LogP contribution in [0.3, 0.4) is 0 Å². The third-order valence-electron chi connectivity index (χ3n) is 3.26. The van der Waals surface area contributed by atoms with E-state index in [1.54, 1.807) is 18.3 Å². The van der Waals surface area contributed by atoms with E-state index in [0.717, 1.165) is 11.4 Å². The molecule has 2 N–H and O–H groups in total. The van der Waals surface area contributed by atoms with E-state index in [-0.39, 0.29) is 5.91 Å². The van der Waals surface area contributed by atoms with E-state index in [0.29, 0.717) is 18.2 Å². The van der Waals surface area contributed by atoms with E-state index in [1.165, 1.54) is 5.56 Å². The largest absolute Gasteiger partial charge is 0.354 e. The molecule has 0 spiro atoms. The van der Waals surface area contributed by atoms with Gasteiger partial charge in [-0.25, -0.2) is 4.98 Å². The number of benzene rings is 1. The molecule has 0 aliphatic carbocycles. The molecule has 114 valence electrons. The van der Waals surface area contributed by atoms with Crippen LogP contribution in [-0.2, 0) is 0 Å². The molecule has 0 bridgehead atoms. The number of pyridine rings is 1. The van der Waals surface area contributed by atoms with Crippen molar-refractivity contribution >= 4 is 17.3 Å². The van der Waals surface area contributed by atoms with Gasteiger partial charge in [-0.05, 0) is 29.7 Å². The molecule has 0 radical (unpaired) electrons. The van der Waals surface area contributed by atoms with Crippen LogP contribution < -0.4 is 10.6 Å². The highest BCUT2D eigenvalue weighted by Gasteiger charge is 2.08. The molecule has 2 aromatic rings. The van der Waals surface area contributed by atoms with Crippen LogP contribution in [-0.4, -0.2) is 17.4 Å². The van der Waals surface area contributed by atoms with Crippen molar-refractivity contribution in [1.29, 1.82) is 0 Å². The monoisotopic (exact) mass is 295 g/mol. The lowest BCUT2D eigenvalue weighted by Crippen LogP contribution is -2.24. The molecule has 0 aliphatic heterocycles. The highest BCUT2D eigenvalue weighted by atomic mass is 16.1. The predicted octanol–water partition coefficient (Wildman–Crippen LogP) is 3.86. The van der Waals surface area contributed by atoms with Crippen LogP contribution in [0.15, 0.2) is 55.3 Å². The number of hydrogen-bond acceptors (Lipinski definition) is 3. The second-order valence-corrected chi connectivity index (χ2v) is 5.30. The lowest BCUT2D eigenvalue weighted by atomic mass is 10.0. The van der Waals surface area contributed by atoms with Gasteiger partial charge < -0.3 is 10.6 Å². The average Bonchev–Trinajstić information content (AvgIpc) is 2.53. The molecule has 4 nitrogen and oxygen atoms in total. The number of hydrogen-bond donors (Lipinski definition) is 2. The van der Waals surface area contributed by atoms with Crippen LogP contribution in [0.4, 0.5) is 11.4 Å². The van der Waals surface area contributed by atoms with E-state index in [1.807, 2.05) is 24.3 Å². The second-order valence-electron chi connectivity index (χ2n) is 5.30. The first-order chi connectivity index (χ1) is 10.6. The van der Waals surface area contributed by atoms with Gasteiger partial charge in [0.15, 0.2) is 0 Å². The Balaban J connectivity index is 2.12. The van der Waals surface area contributed by atoms with Crippen LogP contribution in [0, 0.1) is 0 Å². The molecule has 0 saturated heterocycles. The number of nitrogens with one attached hydrogen (secondary N) is 2. The Morgan fingerprint density at radius 1 is 1.27 bits per heavy atom. The lowest BCUT2D eigenvalue weighted by molar-refractivity contribution is 0.0953. The Kier molecular flexibility index (Phi) is 5.31. The standard InChI is InChI=1S/C18H21N3O/c1-4-11-19-18(22)17-10-9-14(12-20-17)21-16-8-6-5-7-15(16)13(2)3/h4-10,12-13,21H,1,11H2,2-3H3,(H,19,22). The molecule has 22 heavy (non-hydrogen) atoms. The van der Waals surface area contributed by atoms with E-state index < -0.39 is 0 Å². The van der Waals surface area contributed by atoms with Crippen molar-refractivity contribution in [3.8, 4) is 0 Å². The third kappa shape index (κ3) is 3.95. The van der Waals surface area contributed by atoms with Gasteiger partial charge >= 0.3 is 0 Å². The van der Waals surface area contributed by atoms with Crippen molar-refractivity contribution in [3.63, 3.8) is 0 Å². The average molecular weight is 295 g/mol. The molecule has 0 unspecified atom stereocenters. The molecule has 1 heterocycles. The fraction of sp³-hybridized carbons (Fsp3) is 0.222. The maximum atomic E-state index is 11.8. The molecule has 2 rings (SSSR count). The molecule has 0 atom stereocenters. The highest BCUT2D eigenvalue weighted by Crippen LogP contribution is 2.26. The van der Waals surface area contributed by atoms with Crippen LogP contribution in [0.25, 0.3) is 0 Å². The van der Waals surface area contributed by atoms with E-state index >= 15 is 0 Å². The molecule has 1 aromatic carbocycles. The number of rotatable bonds is 6. The Labute approximate surface area is 131 Å². The Morgan fingerprint density at radius 3 is 2.68 bits per heavy atom.